The van der Waals surface area contributed by atoms with Gasteiger partial charge in [0.15, 0.2) is 5.60 Å². The van der Waals surface area contributed by atoms with Crippen LogP contribution < -0.4 is 9.47 Å². The highest BCUT2D eigenvalue weighted by atomic mass is 35.5. The Bertz CT molecular complexity index is 729. The molecule has 1 saturated heterocycles. The minimum atomic E-state index is -0.952. The predicted molar refractivity (Wildman–Crippen MR) is 98.4 cm³/mol. The van der Waals surface area contributed by atoms with Gasteiger partial charge in [-0.15, -0.1) is 0 Å². The summed E-state index contributed by atoms with van der Waals surface area (Å²) in [6.07, 6.45) is 6.34. The third kappa shape index (κ3) is 4.64. The lowest BCUT2D eigenvalue weighted by molar-refractivity contribution is -0.147. The van der Waals surface area contributed by atoms with Crippen LogP contribution in [0.15, 0.2) is 42.9 Å². The van der Waals surface area contributed by atoms with Gasteiger partial charge in [-0.3, -0.25) is 9.78 Å². The second-order valence-electron chi connectivity index (χ2n) is 6.72. The number of nitrogens with zero attached hydrogens (tertiary/aromatic N) is 3. The monoisotopic (exact) mass is 375 g/mol. The first-order valence-electron chi connectivity index (χ1n) is 8.61. The number of rotatable bonds is 5. The molecule has 1 amide bonds. The molecule has 1 aliphatic rings. The number of hydrogen-bond acceptors (Lipinski definition) is 5. The van der Waals surface area contributed by atoms with Crippen LogP contribution in [-0.2, 0) is 4.79 Å². The molecule has 1 aliphatic heterocycles. The summed E-state index contributed by atoms with van der Waals surface area (Å²) in [4.78, 5) is 22.8. The Labute approximate surface area is 158 Å². The fourth-order valence-electron chi connectivity index (χ4n) is 2.92. The molecular weight excluding hydrogens is 354 g/mol. The van der Waals surface area contributed by atoms with Gasteiger partial charge in [-0.05, 0) is 38.1 Å². The smallest absolute Gasteiger partial charge is 0.266 e. The van der Waals surface area contributed by atoms with Gasteiger partial charge < -0.3 is 14.4 Å². The van der Waals surface area contributed by atoms with Gasteiger partial charge in [0, 0.05) is 43.3 Å². The first-order valence-corrected chi connectivity index (χ1v) is 8.98. The zero-order valence-corrected chi connectivity index (χ0v) is 15.6. The molecular formula is C19H22ClN3O3. The SMILES string of the molecule is CC(C)(Oc1ccc(Cl)cc1)C(=O)N1CCC(Oc2cnccn2)CC1. The maximum absolute atomic E-state index is 12.9. The number of carbonyl (C=O) groups is 1. The van der Waals surface area contributed by atoms with Crippen molar-refractivity contribution in [3.8, 4) is 11.6 Å². The normalized spacial score (nSPS) is 15.6. The van der Waals surface area contributed by atoms with E-state index in [1.165, 1.54) is 0 Å². The molecule has 3 rings (SSSR count). The van der Waals surface area contributed by atoms with Crippen LogP contribution in [0.1, 0.15) is 26.7 Å². The van der Waals surface area contributed by atoms with E-state index in [0.717, 1.165) is 12.8 Å². The summed E-state index contributed by atoms with van der Waals surface area (Å²) in [5.41, 5.74) is -0.952. The quantitative estimate of drug-likeness (QED) is 0.801. The Morgan fingerprint density at radius 3 is 2.50 bits per heavy atom. The number of benzene rings is 1. The van der Waals surface area contributed by atoms with Crippen molar-refractivity contribution in [2.75, 3.05) is 13.1 Å². The second-order valence-corrected chi connectivity index (χ2v) is 7.16. The van der Waals surface area contributed by atoms with Gasteiger partial charge in [-0.25, -0.2) is 4.98 Å². The van der Waals surface area contributed by atoms with Crippen molar-refractivity contribution in [1.82, 2.24) is 14.9 Å². The van der Waals surface area contributed by atoms with Gasteiger partial charge in [-0.1, -0.05) is 11.6 Å². The largest absolute Gasteiger partial charge is 0.478 e. The zero-order chi connectivity index (χ0) is 18.6. The molecule has 7 heteroatoms. The molecule has 0 bridgehead atoms. The van der Waals surface area contributed by atoms with Gasteiger partial charge in [-0.2, -0.15) is 0 Å². The minimum Gasteiger partial charge on any atom is -0.478 e. The van der Waals surface area contributed by atoms with Gasteiger partial charge in [0.05, 0.1) is 6.20 Å². The van der Waals surface area contributed by atoms with E-state index in [-0.39, 0.29) is 12.0 Å². The van der Waals surface area contributed by atoms with Crippen molar-refractivity contribution >= 4 is 17.5 Å². The highest BCUT2D eigenvalue weighted by Crippen LogP contribution is 2.24. The highest BCUT2D eigenvalue weighted by molar-refractivity contribution is 6.30. The van der Waals surface area contributed by atoms with Crippen molar-refractivity contribution in [2.45, 2.75) is 38.4 Å². The van der Waals surface area contributed by atoms with E-state index in [2.05, 4.69) is 9.97 Å². The van der Waals surface area contributed by atoms with E-state index in [1.807, 2.05) is 4.90 Å². The lowest BCUT2D eigenvalue weighted by Crippen LogP contribution is -2.52. The number of likely N-dealkylation sites (tertiary alicyclic amines) is 1. The Morgan fingerprint density at radius 1 is 1.19 bits per heavy atom. The third-order valence-electron chi connectivity index (χ3n) is 4.26. The van der Waals surface area contributed by atoms with Gasteiger partial charge in [0.2, 0.25) is 5.88 Å². The number of halogens is 1. The van der Waals surface area contributed by atoms with Crippen LogP contribution >= 0.6 is 11.6 Å². The molecule has 0 spiro atoms. The summed E-state index contributed by atoms with van der Waals surface area (Å²) >= 11 is 5.89. The van der Waals surface area contributed by atoms with Crippen LogP contribution in [0.5, 0.6) is 11.6 Å². The molecule has 0 unspecified atom stereocenters. The molecule has 0 atom stereocenters. The first kappa shape index (κ1) is 18.5. The summed E-state index contributed by atoms with van der Waals surface area (Å²) < 4.78 is 11.7. The molecule has 1 aromatic carbocycles. The van der Waals surface area contributed by atoms with E-state index in [4.69, 9.17) is 21.1 Å². The van der Waals surface area contributed by atoms with Gasteiger partial charge >= 0.3 is 0 Å². The van der Waals surface area contributed by atoms with E-state index < -0.39 is 5.60 Å². The number of carbonyl (C=O) groups excluding carboxylic acids is 1. The molecule has 0 N–H and O–H groups in total. The van der Waals surface area contributed by atoms with Gasteiger partial charge in [0.1, 0.15) is 11.9 Å². The molecule has 138 valence electrons. The van der Waals surface area contributed by atoms with Crippen molar-refractivity contribution in [3.05, 3.63) is 47.9 Å². The summed E-state index contributed by atoms with van der Waals surface area (Å²) in [7, 11) is 0. The number of aromatic nitrogens is 2. The molecule has 26 heavy (non-hydrogen) atoms. The topological polar surface area (TPSA) is 64.5 Å². The second kappa shape index (κ2) is 7.91. The summed E-state index contributed by atoms with van der Waals surface area (Å²) in [5, 5.41) is 0.631. The van der Waals surface area contributed by atoms with Crippen LogP contribution in [0.25, 0.3) is 0 Å². The molecule has 0 aliphatic carbocycles. The van der Waals surface area contributed by atoms with E-state index >= 15 is 0 Å². The summed E-state index contributed by atoms with van der Waals surface area (Å²) in [5.74, 6) is 1.10. The maximum Gasteiger partial charge on any atom is 0.266 e. The molecule has 2 aromatic rings. The van der Waals surface area contributed by atoms with Crippen LogP contribution in [-0.4, -0.2) is 45.6 Å². The van der Waals surface area contributed by atoms with Crippen molar-refractivity contribution in [2.24, 2.45) is 0 Å². The third-order valence-corrected chi connectivity index (χ3v) is 4.51. The molecule has 1 fully saturated rings. The van der Waals surface area contributed by atoms with Crippen LogP contribution in [0, 0.1) is 0 Å². The molecule has 2 heterocycles. The molecule has 0 saturated carbocycles. The Kier molecular flexibility index (Phi) is 5.61. The van der Waals surface area contributed by atoms with E-state index in [0.29, 0.717) is 29.7 Å². The van der Waals surface area contributed by atoms with Gasteiger partial charge in [0.25, 0.3) is 5.91 Å². The van der Waals surface area contributed by atoms with E-state index in [1.54, 1.807) is 56.7 Å². The average molecular weight is 376 g/mol. The fraction of sp³-hybridized carbons (Fsp3) is 0.421. The zero-order valence-electron chi connectivity index (χ0n) is 14.9. The van der Waals surface area contributed by atoms with Crippen molar-refractivity contribution in [1.29, 1.82) is 0 Å². The summed E-state index contributed by atoms with van der Waals surface area (Å²) in [6.45, 7) is 4.81. The van der Waals surface area contributed by atoms with E-state index in [9.17, 15) is 4.79 Å². The number of ether oxygens (including phenoxy) is 2. The Morgan fingerprint density at radius 2 is 1.88 bits per heavy atom. The fourth-order valence-corrected chi connectivity index (χ4v) is 3.04. The van der Waals surface area contributed by atoms with Crippen LogP contribution in [0.2, 0.25) is 5.02 Å². The average Bonchev–Trinajstić information content (AvgIpc) is 2.64. The van der Waals surface area contributed by atoms with Crippen molar-refractivity contribution in [3.63, 3.8) is 0 Å². The molecule has 0 radical (unpaired) electrons. The number of hydrogen-bond donors (Lipinski definition) is 0. The summed E-state index contributed by atoms with van der Waals surface area (Å²) in [6, 6.07) is 7.01. The van der Waals surface area contributed by atoms with Crippen molar-refractivity contribution < 1.29 is 14.3 Å². The Balaban J connectivity index is 1.54. The Hall–Kier alpha value is -2.34. The van der Waals surface area contributed by atoms with Crippen LogP contribution in [0.3, 0.4) is 0 Å². The maximum atomic E-state index is 12.9. The standard InChI is InChI=1S/C19H22ClN3O3/c1-19(2,26-16-5-3-14(20)4-6-16)18(24)23-11-7-15(8-12-23)25-17-13-21-9-10-22-17/h3-6,9-10,13,15H,7-8,11-12H2,1-2H3. The molecule has 1 aromatic heterocycles. The minimum absolute atomic E-state index is 0.0367. The number of amides is 1. The molecule has 6 nitrogen and oxygen atoms in total. The first-order chi connectivity index (χ1) is 12.4. The predicted octanol–water partition coefficient (Wildman–Crippen LogP) is 3.36. The lowest BCUT2D eigenvalue weighted by atomic mass is 10.0. The number of piperidine rings is 1. The lowest BCUT2D eigenvalue weighted by Gasteiger charge is -2.36. The highest BCUT2D eigenvalue weighted by Gasteiger charge is 2.36. The van der Waals surface area contributed by atoms with Crippen LogP contribution in [0.4, 0.5) is 0 Å².